The standard InChI is InChI=1S/C13H20BNO3/c1-12(2)13(3,4)18-14(17-12)10-8-16-15-11(10)7-9-5-6-9/h8-9H,5-7H2,1-4H3. The molecule has 1 aliphatic carbocycles. The number of hydrogen-bond acceptors (Lipinski definition) is 4. The minimum Gasteiger partial charge on any atom is -0.399 e. The topological polar surface area (TPSA) is 44.5 Å². The molecule has 0 aromatic carbocycles. The van der Waals surface area contributed by atoms with Gasteiger partial charge in [-0.1, -0.05) is 5.16 Å². The molecule has 1 aromatic heterocycles. The Kier molecular flexibility index (Phi) is 2.61. The van der Waals surface area contributed by atoms with Gasteiger partial charge in [-0.25, -0.2) is 0 Å². The first-order valence-electron chi connectivity index (χ1n) is 6.68. The van der Waals surface area contributed by atoms with Crippen LogP contribution in [0.4, 0.5) is 0 Å². The quantitative estimate of drug-likeness (QED) is 0.768. The molecule has 3 rings (SSSR count). The van der Waals surface area contributed by atoms with E-state index in [-0.39, 0.29) is 18.3 Å². The van der Waals surface area contributed by atoms with E-state index in [0.29, 0.717) is 0 Å². The molecule has 1 aromatic rings. The molecule has 0 bridgehead atoms. The molecule has 18 heavy (non-hydrogen) atoms. The van der Waals surface area contributed by atoms with E-state index in [1.165, 1.54) is 12.8 Å². The fourth-order valence-corrected chi connectivity index (χ4v) is 2.18. The van der Waals surface area contributed by atoms with Gasteiger partial charge in [0.2, 0.25) is 0 Å². The van der Waals surface area contributed by atoms with Crippen LogP contribution < -0.4 is 5.46 Å². The second-order valence-electron chi connectivity index (χ2n) is 6.45. The van der Waals surface area contributed by atoms with Gasteiger partial charge in [-0.3, -0.25) is 0 Å². The van der Waals surface area contributed by atoms with Crippen LogP contribution in [0.25, 0.3) is 0 Å². The van der Waals surface area contributed by atoms with E-state index < -0.39 is 0 Å². The molecular formula is C13H20BNO3. The van der Waals surface area contributed by atoms with Gasteiger partial charge in [0.15, 0.2) is 0 Å². The Hall–Kier alpha value is -0.805. The summed E-state index contributed by atoms with van der Waals surface area (Å²) < 4.78 is 17.2. The highest BCUT2D eigenvalue weighted by Crippen LogP contribution is 2.37. The summed E-state index contributed by atoms with van der Waals surface area (Å²) in [5.74, 6) is 0.774. The summed E-state index contributed by atoms with van der Waals surface area (Å²) in [6, 6.07) is 0. The number of hydrogen-bond donors (Lipinski definition) is 0. The Balaban J connectivity index is 1.81. The molecule has 5 heteroatoms. The summed E-state index contributed by atoms with van der Waals surface area (Å²) in [5, 5.41) is 4.10. The lowest BCUT2D eigenvalue weighted by atomic mass is 9.78. The van der Waals surface area contributed by atoms with Crippen LogP contribution in [0.15, 0.2) is 10.8 Å². The molecule has 1 aliphatic heterocycles. The Morgan fingerprint density at radius 2 is 1.83 bits per heavy atom. The zero-order valence-electron chi connectivity index (χ0n) is 11.5. The van der Waals surface area contributed by atoms with Crippen molar-refractivity contribution in [2.75, 3.05) is 0 Å². The smallest absolute Gasteiger partial charge is 0.399 e. The van der Waals surface area contributed by atoms with Crippen molar-refractivity contribution in [3.05, 3.63) is 12.0 Å². The first kappa shape index (κ1) is 12.2. The van der Waals surface area contributed by atoms with E-state index in [0.717, 1.165) is 23.5 Å². The summed E-state index contributed by atoms with van der Waals surface area (Å²) in [5.41, 5.74) is 1.33. The largest absolute Gasteiger partial charge is 0.500 e. The van der Waals surface area contributed by atoms with Crippen LogP contribution >= 0.6 is 0 Å². The fraction of sp³-hybridized carbons (Fsp3) is 0.769. The third-order valence-corrected chi connectivity index (χ3v) is 4.36. The second kappa shape index (κ2) is 3.84. The Morgan fingerprint density at radius 1 is 1.22 bits per heavy atom. The average Bonchev–Trinajstić information content (AvgIpc) is 2.86. The molecule has 0 spiro atoms. The molecule has 0 atom stereocenters. The van der Waals surface area contributed by atoms with E-state index in [2.05, 4.69) is 32.9 Å². The van der Waals surface area contributed by atoms with Crippen molar-refractivity contribution in [2.45, 2.75) is 58.2 Å². The molecule has 1 saturated heterocycles. The SMILES string of the molecule is CC1(C)OB(c2conc2CC2CC2)OC1(C)C. The minimum atomic E-state index is -0.352. The van der Waals surface area contributed by atoms with Crippen molar-refractivity contribution in [1.29, 1.82) is 0 Å². The lowest BCUT2D eigenvalue weighted by Crippen LogP contribution is -2.41. The van der Waals surface area contributed by atoms with Gasteiger partial charge >= 0.3 is 7.12 Å². The van der Waals surface area contributed by atoms with Crippen molar-refractivity contribution in [1.82, 2.24) is 5.16 Å². The number of aromatic nitrogens is 1. The molecule has 0 N–H and O–H groups in total. The van der Waals surface area contributed by atoms with Gasteiger partial charge in [0, 0.05) is 5.46 Å². The van der Waals surface area contributed by atoms with Crippen LogP contribution in [0.5, 0.6) is 0 Å². The number of rotatable bonds is 3. The fourth-order valence-electron chi connectivity index (χ4n) is 2.18. The van der Waals surface area contributed by atoms with Gasteiger partial charge in [-0.15, -0.1) is 0 Å². The summed E-state index contributed by atoms with van der Waals surface area (Å²) in [4.78, 5) is 0. The van der Waals surface area contributed by atoms with Crippen LogP contribution in [0.3, 0.4) is 0 Å². The lowest BCUT2D eigenvalue weighted by Gasteiger charge is -2.32. The molecular weight excluding hydrogens is 229 g/mol. The Labute approximate surface area is 108 Å². The van der Waals surface area contributed by atoms with Crippen LogP contribution in [0, 0.1) is 5.92 Å². The summed E-state index contributed by atoms with van der Waals surface area (Å²) in [6.07, 6.45) is 5.25. The maximum atomic E-state index is 6.03. The van der Waals surface area contributed by atoms with Crippen molar-refractivity contribution in [3.8, 4) is 0 Å². The predicted molar refractivity (Wildman–Crippen MR) is 68.6 cm³/mol. The van der Waals surface area contributed by atoms with Gasteiger partial charge in [0.05, 0.1) is 16.9 Å². The van der Waals surface area contributed by atoms with Crippen LogP contribution in [-0.4, -0.2) is 23.5 Å². The minimum absolute atomic E-state index is 0.314. The summed E-state index contributed by atoms with van der Waals surface area (Å²) >= 11 is 0. The molecule has 0 unspecified atom stereocenters. The first-order valence-corrected chi connectivity index (χ1v) is 6.68. The van der Waals surface area contributed by atoms with Gasteiger partial charge in [0.1, 0.15) is 6.26 Å². The van der Waals surface area contributed by atoms with Gasteiger partial charge in [-0.2, -0.15) is 0 Å². The molecule has 98 valence electrons. The third kappa shape index (κ3) is 1.99. The van der Waals surface area contributed by atoms with E-state index in [1.807, 2.05) is 0 Å². The second-order valence-corrected chi connectivity index (χ2v) is 6.45. The maximum absolute atomic E-state index is 6.03. The molecule has 1 saturated carbocycles. The van der Waals surface area contributed by atoms with Crippen molar-refractivity contribution in [2.24, 2.45) is 5.92 Å². The zero-order chi connectivity index (χ0) is 13.0. The highest BCUT2D eigenvalue weighted by Gasteiger charge is 2.53. The van der Waals surface area contributed by atoms with Gasteiger partial charge < -0.3 is 13.8 Å². The summed E-state index contributed by atoms with van der Waals surface area (Å²) in [7, 11) is -0.352. The van der Waals surface area contributed by atoms with Crippen LogP contribution in [-0.2, 0) is 15.7 Å². The van der Waals surface area contributed by atoms with Crippen molar-refractivity contribution >= 4 is 12.6 Å². The van der Waals surface area contributed by atoms with Crippen LogP contribution in [0.1, 0.15) is 46.2 Å². The van der Waals surface area contributed by atoms with Gasteiger partial charge in [0.25, 0.3) is 0 Å². The van der Waals surface area contributed by atoms with Crippen molar-refractivity contribution < 1.29 is 13.8 Å². The van der Waals surface area contributed by atoms with E-state index in [4.69, 9.17) is 13.8 Å². The Bertz CT molecular complexity index is 435. The summed E-state index contributed by atoms with van der Waals surface area (Å²) in [6.45, 7) is 8.23. The maximum Gasteiger partial charge on any atom is 0.500 e. The normalized spacial score (nSPS) is 25.7. The van der Waals surface area contributed by atoms with Crippen molar-refractivity contribution in [3.63, 3.8) is 0 Å². The predicted octanol–water partition coefficient (Wildman–Crippen LogP) is 1.93. The molecule has 2 heterocycles. The first-order chi connectivity index (χ1) is 8.39. The van der Waals surface area contributed by atoms with Gasteiger partial charge in [-0.05, 0) is 52.9 Å². The monoisotopic (exact) mass is 249 g/mol. The average molecular weight is 249 g/mol. The lowest BCUT2D eigenvalue weighted by molar-refractivity contribution is 0.00578. The molecule has 0 amide bonds. The molecule has 2 fully saturated rings. The Morgan fingerprint density at radius 3 is 2.39 bits per heavy atom. The highest BCUT2D eigenvalue weighted by molar-refractivity contribution is 6.62. The van der Waals surface area contributed by atoms with Crippen LogP contribution in [0.2, 0.25) is 0 Å². The van der Waals surface area contributed by atoms with E-state index >= 15 is 0 Å². The highest BCUT2D eigenvalue weighted by atomic mass is 16.7. The molecule has 2 aliphatic rings. The number of nitrogens with zero attached hydrogens (tertiary/aromatic N) is 1. The molecule has 0 radical (unpaired) electrons. The third-order valence-electron chi connectivity index (χ3n) is 4.36. The van der Waals surface area contributed by atoms with E-state index in [9.17, 15) is 0 Å². The van der Waals surface area contributed by atoms with E-state index in [1.54, 1.807) is 6.26 Å². The zero-order valence-corrected chi connectivity index (χ0v) is 11.5. The molecule has 4 nitrogen and oxygen atoms in total.